The Kier molecular flexibility index (Phi) is 5.88. The van der Waals surface area contributed by atoms with E-state index in [0.29, 0.717) is 43.0 Å². The van der Waals surface area contributed by atoms with Gasteiger partial charge in [-0.3, -0.25) is 9.59 Å². The van der Waals surface area contributed by atoms with Crippen LogP contribution in [0, 0.1) is 0 Å². The minimum absolute atomic E-state index is 0.171. The van der Waals surface area contributed by atoms with Gasteiger partial charge in [0.1, 0.15) is 12.4 Å². The average Bonchev–Trinajstić information content (AvgIpc) is 2.80. The van der Waals surface area contributed by atoms with E-state index in [0.717, 1.165) is 5.56 Å². The van der Waals surface area contributed by atoms with Gasteiger partial charge in [0.05, 0.1) is 11.7 Å². The molecule has 2 N–H and O–H groups in total. The maximum absolute atomic E-state index is 12.5. The van der Waals surface area contributed by atoms with Gasteiger partial charge in [0.15, 0.2) is 0 Å². The van der Waals surface area contributed by atoms with E-state index in [2.05, 4.69) is 4.98 Å². The number of aromatic nitrogens is 2. The number of nitrogens with one attached hydrogen (secondary N) is 1. The summed E-state index contributed by atoms with van der Waals surface area (Å²) in [6.45, 7) is 0.953. The van der Waals surface area contributed by atoms with Crippen molar-refractivity contribution in [3.05, 3.63) is 87.1 Å². The second-order valence-electron chi connectivity index (χ2n) is 7.50. The lowest BCUT2D eigenvalue weighted by molar-refractivity contribution is 0.121. The Morgan fingerprint density at radius 3 is 2.61 bits per heavy atom. The van der Waals surface area contributed by atoms with E-state index in [1.165, 1.54) is 9.47 Å². The highest BCUT2D eigenvalue weighted by atomic mass is 16.5. The number of nitrogens with zero attached hydrogens (tertiary/aromatic N) is 2. The third-order valence-corrected chi connectivity index (χ3v) is 5.42. The Morgan fingerprint density at radius 1 is 1.10 bits per heavy atom. The molecule has 0 bridgehead atoms. The van der Waals surface area contributed by atoms with Crippen LogP contribution in [0.3, 0.4) is 0 Å². The molecule has 1 unspecified atom stereocenters. The van der Waals surface area contributed by atoms with Crippen LogP contribution in [0.15, 0.2) is 70.4 Å². The fourth-order valence-electron chi connectivity index (χ4n) is 3.84. The van der Waals surface area contributed by atoms with E-state index in [9.17, 15) is 19.5 Å². The molecule has 31 heavy (non-hydrogen) atoms. The summed E-state index contributed by atoms with van der Waals surface area (Å²) in [5.41, 5.74) is 0.661. The molecule has 1 aliphatic heterocycles. The summed E-state index contributed by atoms with van der Waals surface area (Å²) in [5, 5.41) is 9.30. The van der Waals surface area contributed by atoms with E-state index in [4.69, 9.17) is 4.74 Å². The van der Waals surface area contributed by atoms with Gasteiger partial charge in [0.25, 0.3) is 0 Å². The molecule has 1 saturated heterocycles. The molecule has 1 aromatic heterocycles. The lowest BCUT2D eigenvalue weighted by Gasteiger charge is -2.31. The van der Waals surface area contributed by atoms with Gasteiger partial charge >= 0.3 is 17.2 Å². The number of hydrogen-bond acceptors (Lipinski definition) is 4. The number of para-hydroxylation sites is 1. The zero-order valence-corrected chi connectivity index (χ0v) is 16.9. The molecule has 1 fully saturated rings. The normalized spacial score (nSPS) is 16.1. The molecule has 4 rings (SSSR count). The van der Waals surface area contributed by atoms with Crippen molar-refractivity contribution in [2.24, 2.45) is 0 Å². The smallest absolute Gasteiger partial charge is 0.407 e. The summed E-state index contributed by atoms with van der Waals surface area (Å²) < 4.78 is 7.34. The molecular weight excluding hydrogens is 398 g/mol. The number of ether oxygens (including phenoxy) is 1. The molecule has 1 aliphatic rings. The third-order valence-electron chi connectivity index (χ3n) is 5.42. The largest absolute Gasteiger partial charge is 0.488 e. The first-order chi connectivity index (χ1) is 15.0. The number of carbonyl (C=O) groups is 1. The van der Waals surface area contributed by atoms with Crippen molar-refractivity contribution in [3.63, 3.8) is 0 Å². The highest BCUT2D eigenvalue weighted by Gasteiger charge is 2.26. The van der Waals surface area contributed by atoms with Crippen LogP contribution in [-0.4, -0.2) is 38.7 Å². The van der Waals surface area contributed by atoms with E-state index in [1.54, 1.807) is 12.3 Å². The van der Waals surface area contributed by atoms with Crippen LogP contribution < -0.4 is 15.9 Å². The first-order valence-electron chi connectivity index (χ1n) is 10.1. The van der Waals surface area contributed by atoms with Crippen molar-refractivity contribution in [3.8, 4) is 17.0 Å². The van der Waals surface area contributed by atoms with Crippen LogP contribution in [-0.2, 0) is 6.61 Å². The molecular formula is C23H23N3O5. The number of benzene rings is 2. The molecule has 1 amide bonds. The summed E-state index contributed by atoms with van der Waals surface area (Å²) in [7, 11) is 0. The lowest BCUT2D eigenvalue weighted by atomic mass is 10.1. The van der Waals surface area contributed by atoms with Crippen LogP contribution in [0.2, 0.25) is 0 Å². The molecule has 0 saturated carbocycles. The summed E-state index contributed by atoms with van der Waals surface area (Å²) in [5.74, 6) is 0.572. The Balaban J connectivity index is 1.67. The molecule has 8 heteroatoms. The quantitative estimate of drug-likeness (QED) is 0.616. The number of likely N-dealkylation sites (tertiary alicyclic amines) is 1. The minimum Gasteiger partial charge on any atom is -0.488 e. The van der Waals surface area contributed by atoms with Gasteiger partial charge in [-0.1, -0.05) is 42.5 Å². The maximum atomic E-state index is 12.5. The predicted molar refractivity (Wildman–Crippen MR) is 115 cm³/mol. The maximum Gasteiger partial charge on any atom is 0.407 e. The highest BCUT2D eigenvalue weighted by molar-refractivity contribution is 5.66. The van der Waals surface area contributed by atoms with E-state index >= 15 is 0 Å². The predicted octanol–water partition coefficient (Wildman–Crippen LogP) is 3.10. The monoisotopic (exact) mass is 421 g/mol. The van der Waals surface area contributed by atoms with Gasteiger partial charge in [0, 0.05) is 24.8 Å². The summed E-state index contributed by atoms with van der Waals surface area (Å²) in [6.07, 6.45) is 1.81. The molecule has 0 radical (unpaired) electrons. The van der Waals surface area contributed by atoms with Gasteiger partial charge in [0.2, 0.25) is 0 Å². The minimum atomic E-state index is -1.03. The highest BCUT2D eigenvalue weighted by Crippen LogP contribution is 2.29. The number of rotatable bonds is 5. The van der Waals surface area contributed by atoms with Crippen LogP contribution in [0.1, 0.15) is 24.4 Å². The molecule has 1 atom stereocenters. The van der Waals surface area contributed by atoms with Crippen molar-refractivity contribution in [1.82, 2.24) is 14.5 Å². The molecule has 8 nitrogen and oxygen atoms in total. The van der Waals surface area contributed by atoms with E-state index in [-0.39, 0.29) is 6.54 Å². The zero-order valence-electron chi connectivity index (χ0n) is 16.9. The second kappa shape index (κ2) is 8.91. The van der Waals surface area contributed by atoms with E-state index in [1.807, 2.05) is 48.5 Å². The van der Waals surface area contributed by atoms with Crippen LogP contribution >= 0.6 is 0 Å². The number of piperidine rings is 1. The summed E-state index contributed by atoms with van der Waals surface area (Å²) in [4.78, 5) is 40.2. The zero-order chi connectivity index (χ0) is 21.8. The average molecular weight is 421 g/mol. The van der Waals surface area contributed by atoms with Gasteiger partial charge in [-0.15, -0.1) is 0 Å². The number of amides is 1. The van der Waals surface area contributed by atoms with Gasteiger partial charge in [-0.2, -0.15) is 0 Å². The van der Waals surface area contributed by atoms with Crippen LogP contribution in [0.25, 0.3) is 11.3 Å². The molecule has 2 aromatic carbocycles. The Hall–Kier alpha value is -3.81. The van der Waals surface area contributed by atoms with Crippen molar-refractivity contribution >= 4 is 6.09 Å². The van der Waals surface area contributed by atoms with Crippen molar-refractivity contribution in [1.29, 1.82) is 0 Å². The first-order valence-corrected chi connectivity index (χ1v) is 10.1. The fraction of sp³-hybridized carbons (Fsp3) is 0.261. The first kappa shape index (κ1) is 20.5. The fourth-order valence-corrected chi connectivity index (χ4v) is 3.84. The van der Waals surface area contributed by atoms with Gasteiger partial charge in [-0.25, -0.2) is 4.79 Å². The number of H-pyrrole nitrogens is 1. The Bertz CT molecular complexity index is 1190. The van der Waals surface area contributed by atoms with E-state index < -0.39 is 23.3 Å². The van der Waals surface area contributed by atoms with Gasteiger partial charge in [-0.05, 0) is 30.5 Å². The van der Waals surface area contributed by atoms with Crippen molar-refractivity contribution in [2.75, 3.05) is 13.1 Å². The lowest BCUT2D eigenvalue weighted by Crippen LogP contribution is -2.45. The topological polar surface area (TPSA) is 105 Å². The van der Waals surface area contributed by atoms with Crippen molar-refractivity contribution in [2.45, 2.75) is 25.5 Å². The van der Waals surface area contributed by atoms with Crippen LogP contribution in [0.5, 0.6) is 5.75 Å². The van der Waals surface area contributed by atoms with Crippen molar-refractivity contribution < 1.29 is 14.6 Å². The van der Waals surface area contributed by atoms with Gasteiger partial charge < -0.3 is 24.3 Å². The number of hydrogen-bond donors (Lipinski definition) is 2. The third kappa shape index (κ3) is 4.53. The Morgan fingerprint density at radius 2 is 1.84 bits per heavy atom. The molecule has 160 valence electrons. The number of aromatic amines is 1. The summed E-state index contributed by atoms with van der Waals surface area (Å²) in [6, 6.07) is 16.6. The molecule has 0 spiro atoms. The SMILES string of the molecule is O=C(O)N1CCCC(n2cc(-c3ccccc3OCc3ccccc3)[nH]c(=O)c2=O)C1. The molecule has 0 aliphatic carbocycles. The second-order valence-corrected chi connectivity index (χ2v) is 7.50. The van der Waals surface area contributed by atoms with Crippen LogP contribution in [0.4, 0.5) is 4.79 Å². The molecule has 3 aromatic rings. The standard InChI is InChI=1S/C23H23N3O5/c27-21-22(28)26(17-9-6-12-25(13-17)23(29)30)14-19(24-21)18-10-4-5-11-20(18)31-15-16-7-2-1-3-8-16/h1-5,7-8,10-11,14,17H,6,9,12-13,15H2,(H,24,27)(H,29,30). The summed E-state index contributed by atoms with van der Waals surface area (Å²) >= 11 is 0. The Labute approximate surface area is 178 Å². The molecule has 2 heterocycles. The number of carboxylic acid groups (broad SMARTS) is 1.